The lowest BCUT2D eigenvalue weighted by molar-refractivity contribution is -0.141. The molecule has 1 fully saturated rings. The Bertz CT molecular complexity index is 147. The summed E-state index contributed by atoms with van der Waals surface area (Å²) in [6.45, 7) is 1.17. The van der Waals surface area contributed by atoms with E-state index in [9.17, 15) is 9.59 Å². The molecular formula is C8H11O3. The van der Waals surface area contributed by atoms with Crippen LogP contribution < -0.4 is 0 Å². The average Bonchev–Trinajstić information content (AvgIpc) is 2.07. The molecule has 0 atom stereocenters. The Morgan fingerprint density at radius 2 is 1.91 bits per heavy atom. The largest absolute Gasteiger partial charge is 0.425 e. The first-order valence-corrected chi connectivity index (χ1v) is 3.92. The molecule has 11 heavy (non-hydrogen) atoms. The van der Waals surface area contributed by atoms with Gasteiger partial charge in [-0.25, -0.2) is 4.79 Å². The van der Waals surface area contributed by atoms with Gasteiger partial charge in [0.05, 0.1) is 5.92 Å². The van der Waals surface area contributed by atoms with Crippen molar-refractivity contribution in [1.29, 1.82) is 0 Å². The fourth-order valence-electron chi connectivity index (χ4n) is 1.46. The minimum atomic E-state index is -0.403. The highest BCUT2D eigenvalue weighted by Crippen LogP contribution is 2.24. The molecular weight excluding hydrogens is 144 g/mol. The Kier molecular flexibility index (Phi) is 3.08. The quantitative estimate of drug-likeness (QED) is 0.444. The zero-order valence-electron chi connectivity index (χ0n) is 6.34. The summed E-state index contributed by atoms with van der Waals surface area (Å²) >= 11 is 0. The molecule has 0 heterocycles. The molecule has 0 N–H and O–H groups in total. The third kappa shape index (κ3) is 2.33. The van der Waals surface area contributed by atoms with Gasteiger partial charge in [-0.05, 0) is 12.8 Å². The molecule has 1 aliphatic carbocycles. The zero-order chi connectivity index (χ0) is 8.10. The Hall–Kier alpha value is -0.860. The molecule has 3 heteroatoms. The first-order valence-electron chi connectivity index (χ1n) is 3.92. The topological polar surface area (TPSA) is 43.4 Å². The number of ether oxygens (including phenoxy) is 1. The minimum Gasteiger partial charge on any atom is -0.384 e. The van der Waals surface area contributed by atoms with Crippen LogP contribution in [0.25, 0.3) is 0 Å². The second-order valence-electron chi connectivity index (χ2n) is 2.84. The summed E-state index contributed by atoms with van der Waals surface area (Å²) < 4.78 is 4.14. The maximum atomic E-state index is 10.9. The number of carbonyl (C=O) groups is 1. The summed E-state index contributed by atoms with van der Waals surface area (Å²) in [6, 6.07) is 0. The van der Waals surface area contributed by atoms with Crippen molar-refractivity contribution in [1.82, 2.24) is 0 Å². The standard InChI is InChI=1S/C8H11O3/c9-6-11-8(10)7-4-2-1-3-5-7/h7H,1-5H2. The predicted octanol–water partition coefficient (Wildman–Crippen LogP) is 1.18. The van der Waals surface area contributed by atoms with E-state index < -0.39 is 5.97 Å². The third-order valence-electron chi connectivity index (χ3n) is 2.08. The van der Waals surface area contributed by atoms with E-state index in [-0.39, 0.29) is 5.92 Å². The van der Waals surface area contributed by atoms with Gasteiger partial charge in [0.1, 0.15) is 0 Å². The van der Waals surface area contributed by atoms with Crippen molar-refractivity contribution >= 4 is 12.4 Å². The lowest BCUT2D eigenvalue weighted by Crippen LogP contribution is -2.19. The predicted molar refractivity (Wildman–Crippen MR) is 38.4 cm³/mol. The highest BCUT2D eigenvalue weighted by molar-refractivity contribution is 5.78. The van der Waals surface area contributed by atoms with E-state index >= 15 is 0 Å². The molecule has 1 aliphatic rings. The Morgan fingerprint density at radius 1 is 1.27 bits per heavy atom. The van der Waals surface area contributed by atoms with Gasteiger partial charge < -0.3 is 4.74 Å². The van der Waals surface area contributed by atoms with Gasteiger partial charge in [-0.2, -0.15) is 0 Å². The molecule has 0 saturated heterocycles. The van der Waals surface area contributed by atoms with E-state index in [1.165, 1.54) is 12.9 Å². The summed E-state index contributed by atoms with van der Waals surface area (Å²) in [5, 5.41) is 0. The van der Waals surface area contributed by atoms with Crippen molar-refractivity contribution in [2.45, 2.75) is 32.1 Å². The Balaban J connectivity index is 2.32. The van der Waals surface area contributed by atoms with Crippen molar-refractivity contribution in [2.75, 3.05) is 0 Å². The van der Waals surface area contributed by atoms with Crippen molar-refractivity contribution in [2.24, 2.45) is 5.92 Å². The van der Waals surface area contributed by atoms with Gasteiger partial charge in [0.25, 0.3) is 0 Å². The third-order valence-corrected chi connectivity index (χ3v) is 2.08. The van der Waals surface area contributed by atoms with Crippen LogP contribution in [0.5, 0.6) is 0 Å². The van der Waals surface area contributed by atoms with Crippen molar-refractivity contribution in [3.05, 3.63) is 0 Å². The molecule has 1 radical (unpaired) electrons. The molecule has 0 amide bonds. The first kappa shape index (κ1) is 8.24. The van der Waals surface area contributed by atoms with E-state index in [0.717, 1.165) is 25.7 Å². The van der Waals surface area contributed by atoms with Gasteiger partial charge >= 0.3 is 12.4 Å². The van der Waals surface area contributed by atoms with Crippen molar-refractivity contribution in [3.8, 4) is 0 Å². The van der Waals surface area contributed by atoms with Gasteiger partial charge in [0.15, 0.2) is 0 Å². The minimum absolute atomic E-state index is 0.0507. The Morgan fingerprint density at radius 3 is 2.45 bits per heavy atom. The van der Waals surface area contributed by atoms with Gasteiger partial charge in [-0.15, -0.1) is 0 Å². The maximum Gasteiger partial charge on any atom is 0.425 e. The number of carbonyl (C=O) groups excluding carboxylic acids is 2. The van der Waals surface area contributed by atoms with Gasteiger partial charge in [-0.3, -0.25) is 4.79 Å². The summed E-state index contributed by atoms with van der Waals surface area (Å²) in [7, 11) is 0. The van der Waals surface area contributed by atoms with E-state index in [1.54, 1.807) is 0 Å². The molecule has 0 bridgehead atoms. The number of hydrogen-bond donors (Lipinski definition) is 0. The monoisotopic (exact) mass is 155 g/mol. The average molecular weight is 155 g/mol. The maximum absolute atomic E-state index is 10.9. The smallest absolute Gasteiger partial charge is 0.384 e. The van der Waals surface area contributed by atoms with Crippen LogP contribution in [0.2, 0.25) is 0 Å². The number of rotatable bonds is 2. The second kappa shape index (κ2) is 4.11. The highest BCUT2D eigenvalue weighted by atomic mass is 16.6. The van der Waals surface area contributed by atoms with Crippen LogP contribution >= 0.6 is 0 Å². The number of esters is 1. The van der Waals surface area contributed by atoms with Gasteiger partial charge in [0, 0.05) is 0 Å². The van der Waals surface area contributed by atoms with Crippen LogP contribution in [0.1, 0.15) is 32.1 Å². The molecule has 0 aromatic rings. The molecule has 1 rings (SSSR count). The van der Waals surface area contributed by atoms with E-state index in [0.29, 0.717) is 0 Å². The lowest BCUT2D eigenvalue weighted by Gasteiger charge is -2.17. The molecule has 0 aliphatic heterocycles. The molecule has 0 unspecified atom stereocenters. The van der Waals surface area contributed by atoms with Crippen molar-refractivity contribution < 1.29 is 14.3 Å². The zero-order valence-corrected chi connectivity index (χ0v) is 6.34. The van der Waals surface area contributed by atoms with Crippen LogP contribution in [0.4, 0.5) is 0 Å². The van der Waals surface area contributed by atoms with Crippen molar-refractivity contribution in [3.63, 3.8) is 0 Å². The second-order valence-corrected chi connectivity index (χ2v) is 2.84. The van der Waals surface area contributed by atoms with Crippen LogP contribution in [0.3, 0.4) is 0 Å². The van der Waals surface area contributed by atoms with E-state index in [1.807, 2.05) is 0 Å². The summed E-state index contributed by atoms with van der Waals surface area (Å²) in [5.41, 5.74) is 0. The molecule has 0 aromatic heterocycles. The van der Waals surface area contributed by atoms with Crippen LogP contribution in [0.15, 0.2) is 0 Å². The van der Waals surface area contributed by atoms with Crippen LogP contribution in [-0.4, -0.2) is 12.4 Å². The molecule has 0 spiro atoms. The molecule has 61 valence electrons. The van der Waals surface area contributed by atoms with Crippen LogP contribution in [-0.2, 0) is 14.3 Å². The van der Waals surface area contributed by atoms with Gasteiger partial charge in [-0.1, -0.05) is 19.3 Å². The highest BCUT2D eigenvalue weighted by Gasteiger charge is 2.22. The van der Waals surface area contributed by atoms with E-state index in [2.05, 4.69) is 4.74 Å². The Labute approximate surface area is 65.7 Å². The first-order chi connectivity index (χ1) is 5.34. The van der Waals surface area contributed by atoms with Gasteiger partial charge in [0.2, 0.25) is 0 Å². The van der Waals surface area contributed by atoms with E-state index in [4.69, 9.17) is 0 Å². The fraction of sp³-hybridized carbons (Fsp3) is 0.750. The summed E-state index contributed by atoms with van der Waals surface area (Å²) in [6.07, 6.45) is 5.05. The molecule has 0 aromatic carbocycles. The molecule has 3 nitrogen and oxygen atoms in total. The summed E-state index contributed by atoms with van der Waals surface area (Å²) in [5.74, 6) is -0.454. The fourth-order valence-corrected chi connectivity index (χ4v) is 1.46. The number of hydrogen-bond acceptors (Lipinski definition) is 3. The SMILES string of the molecule is O=[C]OC(=O)C1CCCCC1. The lowest BCUT2D eigenvalue weighted by atomic mass is 9.89. The molecule has 1 saturated carbocycles. The normalized spacial score (nSPS) is 19.3. The van der Waals surface area contributed by atoms with Crippen LogP contribution in [0, 0.1) is 5.92 Å². The summed E-state index contributed by atoms with van der Waals surface area (Å²) in [4.78, 5) is 20.6.